The van der Waals surface area contributed by atoms with E-state index in [2.05, 4.69) is 45.3 Å². The van der Waals surface area contributed by atoms with Gasteiger partial charge >= 0.3 is 0 Å². The summed E-state index contributed by atoms with van der Waals surface area (Å²) in [5.41, 5.74) is 3.86. The second kappa shape index (κ2) is 5.58. The van der Waals surface area contributed by atoms with E-state index in [1.54, 1.807) is 6.07 Å². The maximum absolute atomic E-state index is 12.3. The Bertz CT molecular complexity index is 802. The summed E-state index contributed by atoms with van der Waals surface area (Å²) in [5, 5.41) is 3.51. The van der Waals surface area contributed by atoms with E-state index in [1.807, 2.05) is 25.1 Å². The number of carbonyl (C=O) groups excluding carboxylic acids is 1. The highest BCUT2D eigenvalue weighted by atomic mass is 79.9. The van der Waals surface area contributed by atoms with Crippen molar-refractivity contribution in [3.63, 3.8) is 0 Å². The van der Waals surface area contributed by atoms with E-state index in [4.69, 9.17) is 0 Å². The number of carbonyl (C=O) groups is 1. The van der Waals surface area contributed by atoms with Crippen molar-refractivity contribution < 1.29 is 4.79 Å². The molecule has 0 aliphatic heterocycles. The van der Waals surface area contributed by atoms with Gasteiger partial charge in [-0.2, -0.15) is 0 Å². The normalized spacial score (nSPS) is 10.8. The van der Waals surface area contributed by atoms with E-state index >= 15 is 0 Å². The van der Waals surface area contributed by atoms with Crippen LogP contribution >= 0.6 is 27.3 Å². The molecular formula is C16H13BrN2OS. The number of amides is 1. The Hall–Kier alpha value is -1.72. The van der Waals surface area contributed by atoms with Crippen LogP contribution in [0.2, 0.25) is 0 Å². The molecule has 0 unspecified atom stereocenters. The number of thiazole rings is 1. The molecule has 1 N–H and O–H groups in total. The number of rotatable bonds is 2. The van der Waals surface area contributed by atoms with Crippen LogP contribution in [0.5, 0.6) is 0 Å². The Labute approximate surface area is 135 Å². The first kappa shape index (κ1) is 14.2. The lowest BCUT2D eigenvalue weighted by Crippen LogP contribution is -2.12. The molecule has 106 valence electrons. The van der Waals surface area contributed by atoms with Crippen molar-refractivity contribution in [1.82, 2.24) is 4.98 Å². The van der Waals surface area contributed by atoms with Crippen LogP contribution in [0.25, 0.3) is 10.2 Å². The van der Waals surface area contributed by atoms with Crippen LogP contribution in [0.15, 0.2) is 40.9 Å². The van der Waals surface area contributed by atoms with Crippen molar-refractivity contribution in [2.45, 2.75) is 13.8 Å². The molecule has 1 amide bonds. The summed E-state index contributed by atoms with van der Waals surface area (Å²) < 4.78 is 1.90. The molecule has 0 atom stereocenters. The van der Waals surface area contributed by atoms with Gasteiger partial charge in [0.15, 0.2) is 5.13 Å². The Morgan fingerprint density at radius 2 is 1.86 bits per heavy atom. The van der Waals surface area contributed by atoms with Gasteiger partial charge in [0, 0.05) is 4.47 Å². The molecule has 0 aliphatic rings. The monoisotopic (exact) mass is 360 g/mol. The molecule has 1 aromatic heterocycles. The maximum Gasteiger partial charge on any atom is 0.258 e. The van der Waals surface area contributed by atoms with Gasteiger partial charge in [0.05, 0.1) is 15.8 Å². The van der Waals surface area contributed by atoms with Crippen molar-refractivity contribution >= 4 is 48.5 Å². The van der Waals surface area contributed by atoms with E-state index in [0.29, 0.717) is 10.7 Å². The Morgan fingerprint density at radius 1 is 1.14 bits per heavy atom. The summed E-state index contributed by atoms with van der Waals surface area (Å²) in [6, 6.07) is 11.5. The smallest absolute Gasteiger partial charge is 0.258 e. The highest BCUT2D eigenvalue weighted by molar-refractivity contribution is 9.10. The van der Waals surface area contributed by atoms with Crippen LogP contribution in [0.1, 0.15) is 21.5 Å². The fourth-order valence-electron chi connectivity index (χ4n) is 2.12. The number of hydrogen-bond acceptors (Lipinski definition) is 3. The van der Waals surface area contributed by atoms with Gasteiger partial charge in [-0.25, -0.2) is 4.98 Å². The number of nitrogens with one attached hydrogen (secondary N) is 1. The number of anilines is 1. The summed E-state index contributed by atoms with van der Waals surface area (Å²) >= 11 is 4.90. The molecular weight excluding hydrogens is 348 g/mol. The van der Waals surface area contributed by atoms with Gasteiger partial charge < -0.3 is 0 Å². The highest BCUT2D eigenvalue weighted by Crippen LogP contribution is 2.31. The molecule has 0 spiro atoms. The number of benzene rings is 2. The number of nitrogens with zero attached hydrogens (tertiary/aromatic N) is 1. The molecule has 3 aromatic rings. The maximum atomic E-state index is 12.3. The molecule has 1 heterocycles. The van der Waals surface area contributed by atoms with Gasteiger partial charge in [0.2, 0.25) is 0 Å². The largest absolute Gasteiger partial charge is 0.298 e. The topological polar surface area (TPSA) is 42.0 Å². The van der Waals surface area contributed by atoms with Crippen molar-refractivity contribution in [2.75, 3.05) is 5.32 Å². The lowest BCUT2D eigenvalue weighted by atomic mass is 10.1. The third-order valence-electron chi connectivity index (χ3n) is 3.28. The quantitative estimate of drug-likeness (QED) is 0.703. The highest BCUT2D eigenvalue weighted by Gasteiger charge is 2.13. The molecule has 5 heteroatoms. The van der Waals surface area contributed by atoms with Gasteiger partial charge in [-0.3, -0.25) is 10.1 Å². The average molecular weight is 361 g/mol. The third-order valence-corrected chi connectivity index (χ3v) is 5.08. The van der Waals surface area contributed by atoms with Crippen LogP contribution in [0.4, 0.5) is 5.13 Å². The minimum atomic E-state index is -0.156. The summed E-state index contributed by atoms with van der Waals surface area (Å²) in [5.74, 6) is -0.156. The van der Waals surface area contributed by atoms with E-state index < -0.39 is 0 Å². The third kappa shape index (κ3) is 2.71. The van der Waals surface area contributed by atoms with Crippen LogP contribution in [0.3, 0.4) is 0 Å². The summed E-state index contributed by atoms with van der Waals surface area (Å²) in [6.07, 6.45) is 0. The molecule has 0 bridgehead atoms. The number of fused-ring (bicyclic) bond motifs is 1. The van der Waals surface area contributed by atoms with Crippen molar-refractivity contribution in [2.24, 2.45) is 0 Å². The molecule has 3 nitrogen and oxygen atoms in total. The molecule has 21 heavy (non-hydrogen) atoms. The summed E-state index contributed by atoms with van der Waals surface area (Å²) in [6.45, 7) is 4.08. The first-order valence-electron chi connectivity index (χ1n) is 6.49. The molecule has 0 saturated heterocycles. The van der Waals surface area contributed by atoms with Crippen LogP contribution in [-0.2, 0) is 0 Å². The molecule has 0 radical (unpaired) electrons. The van der Waals surface area contributed by atoms with E-state index in [1.165, 1.54) is 16.9 Å². The predicted molar refractivity (Wildman–Crippen MR) is 91.2 cm³/mol. The molecule has 0 saturated carbocycles. The summed E-state index contributed by atoms with van der Waals surface area (Å²) in [4.78, 5) is 16.8. The zero-order valence-electron chi connectivity index (χ0n) is 11.6. The Kier molecular flexibility index (Phi) is 3.78. The van der Waals surface area contributed by atoms with Crippen molar-refractivity contribution in [3.05, 3.63) is 57.6 Å². The fourth-order valence-corrected chi connectivity index (χ4v) is 3.59. The van der Waals surface area contributed by atoms with Crippen molar-refractivity contribution in [1.29, 1.82) is 0 Å². The van der Waals surface area contributed by atoms with Crippen LogP contribution in [-0.4, -0.2) is 10.9 Å². The lowest BCUT2D eigenvalue weighted by molar-refractivity contribution is 0.102. The minimum Gasteiger partial charge on any atom is -0.298 e. The zero-order valence-corrected chi connectivity index (χ0v) is 14.0. The number of aryl methyl sites for hydroxylation is 2. The minimum absolute atomic E-state index is 0.156. The number of hydrogen-bond donors (Lipinski definition) is 1. The first-order valence-corrected chi connectivity index (χ1v) is 8.10. The fraction of sp³-hybridized carbons (Fsp3) is 0.125. The SMILES string of the molecule is Cc1ccc(C)c2sc(NC(=O)c3ccccc3Br)nc12. The van der Waals surface area contributed by atoms with Gasteiger partial charge in [-0.1, -0.05) is 35.6 Å². The number of halogens is 1. The zero-order chi connectivity index (χ0) is 15.0. The number of aromatic nitrogens is 1. The standard InChI is InChI=1S/C16H13BrN2OS/c1-9-7-8-10(2)14-13(9)18-16(21-14)19-15(20)11-5-3-4-6-12(11)17/h3-8H,1-2H3,(H,18,19,20). The van der Waals surface area contributed by atoms with Gasteiger partial charge in [0.25, 0.3) is 5.91 Å². The molecule has 3 rings (SSSR count). The van der Waals surface area contributed by atoms with E-state index in [-0.39, 0.29) is 5.91 Å². The van der Waals surface area contributed by atoms with Crippen LogP contribution < -0.4 is 5.32 Å². The van der Waals surface area contributed by atoms with Gasteiger partial charge in [-0.15, -0.1) is 0 Å². The van der Waals surface area contributed by atoms with E-state index in [0.717, 1.165) is 20.3 Å². The first-order chi connectivity index (χ1) is 10.1. The molecule has 0 aliphatic carbocycles. The van der Waals surface area contributed by atoms with Crippen molar-refractivity contribution in [3.8, 4) is 0 Å². The lowest BCUT2D eigenvalue weighted by Gasteiger charge is -2.03. The summed E-state index contributed by atoms with van der Waals surface area (Å²) in [7, 11) is 0. The second-order valence-electron chi connectivity index (χ2n) is 4.83. The predicted octanol–water partition coefficient (Wildman–Crippen LogP) is 4.93. The van der Waals surface area contributed by atoms with Gasteiger partial charge in [-0.05, 0) is 53.0 Å². The average Bonchev–Trinajstić information content (AvgIpc) is 2.88. The van der Waals surface area contributed by atoms with Crippen LogP contribution in [0, 0.1) is 13.8 Å². The molecule has 0 fully saturated rings. The van der Waals surface area contributed by atoms with E-state index in [9.17, 15) is 4.79 Å². The second-order valence-corrected chi connectivity index (χ2v) is 6.68. The van der Waals surface area contributed by atoms with Gasteiger partial charge in [0.1, 0.15) is 0 Å². The molecule has 2 aromatic carbocycles. The Morgan fingerprint density at radius 3 is 2.57 bits per heavy atom. The Balaban J connectivity index is 1.96.